The van der Waals surface area contributed by atoms with Gasteiger partial charge in [-0.2, -0.15) is 0 Å². The van der Waals surface area contributed by atoms with E-state index >= 15 is 0 Å². The molecule has 0 aliphatic heterocycles. The Morgan fingerprint density at radius 2 is 2.29 bits per heavy atom. The van der Waals surface area contributed by atoms with Crippen molar-refractivity contribution in [3.63, 3.8) is 0 Å². The summed E-state index contributed by atoms with van der Waals surface area (Å²) in [6.45, 7) is 1.34. The van der Waals surface area contributed by atoms with Crippen molar-refractivity contribution in [3.8, 4) is 17.0 Å². The number of methoxy groups -OCH3 is 1. The Hall–Kier alpha value is -1.52. The number of nitrogens with two attached hydrogens (primary N) is 1. The molecule has 0 radical (unpaired) electrons. The minimum atomic E-state index is 0.589. The standard InChI is InChI=1S/C12H14ClN3O/c1-17-9-2-3-10(11(13)6-9)12-7-16(5-4-14)8-15-12/h2-3,6-8H,4-5,14H2,1H3. The molecule has 0 saturated carbocycles. The summed E-state index contributed by atoms with van der Waals surface area (Å²) >= 11 is 6.18. The maximum atomic E-state index is 6.18. The zero-order valence-electron chi connectivity index (χ0n) is 9.56. The van der Waals surface area contributed by atoms with Crippen molar-refractivity contribution < 1.29 is 4.74 Å². The highest BCUT2D eigenvalue weighted by Gasteiger charge is 2.07. The molecule has 0 amide bonds. The lowest BCUT2D eigenvalue weighted by Gasteiger charge is -2.04. The first-order valence-corrected chi connectivity index (χ1v) is 5.68. The molecule has 4 nitrogen and oxygen atoms in total. The molecule has 0 unspecified atom stereocenters. The van der Waals surface area contributed by atoms with E-state index in [4.69, 9.17) is 22.1 Å². The molecule has 2 N–H and O–H groups in total. The van der Waals surface area contributed by atoms with Crippen molar-refractivity contribution in [3.05, 3.63) is 35.7 Å². The van der Waals surface area contributed by atoms with E-state index < -0.39 is 0 Å². The first-order valence-electron chi connectivity index (χ1n) is 5.30. The van der Waals surface area contributed by atoms with E-state index in [0.717, 1.165) is 23.6 Å². The zero-order chi connectivity index (χ0) is 12.3. The second-order valence-electron chi connectivity index (χ2n) is 3.63. The van der Waals surface area contributed by atoms with Crippen LogP contribution in [0.2, 0.25) is 5.02 Å². The fourth-order valence-corrected chi connectivity index (χ4v) is 1.87. The lowest BCUT2D eigenvalue weighted by atomic mass is 10.1. The molecule has 0 bridgehead atoms. The van der Waals surface area contributed by atoms with Crippen LogP contribution >= 0.6 is 11.6 Å². The van der Waals surface area contributed by atoms with Gasteiger partial charge in [0.05, 0.1) is 24.2 Å². The Labute approximate surface area is 105 Å². The SMILES string of the molecule is COc1ccc(-c2cn(CCN)cn2)c(Cl)c1. The molecule has 0 spiro atoms. The van der Waals surface area contributed by atoms with Crippen LogP contribution in [0.5, 0.6) is 5.75 Å². The van der Waals surface area contributed by atoms with Crippen LogP contribution in [0.3, 0.4) is 0 Å². The lowest BCUT2D eigenvalue weighted by Crippen LogP contribution is -2.07. The van der Waals surface area contributed by atoms with Gasteiger partial charge in [-0.3, -0.25) is 0 Å². The van der Waals surface area contributed by atoms with Gasteiger partial charge in [0.1, 0.15) is 5.75 Å². The quantitative estimate of drug-likeness (QED) is 0.906. The third kappa shape index (κ3) is 2.60. The average molecular weight is 252 g/mol. The Kier molecular flexibility index (Phi) is 3.66. The van der Waals surface area contributed by atoms with Gasteiger partial charge in [-0.15, -0.1) is 0 Å². The second kappa shape index (κ2) is 5.21. The molecule has 0 fully saturated rings. The second-order valence-corrected chi connectivity index (χ2v) is 4.04. The average Bonchev–Trinajstić information content (AvgIpc) is 2.78. The molecule has 90 valence electrons. The molecule has 2 rings (SSSR count). The summed E-state index contributed by atoms with van der Waals surface area (Å²) < 4.78 is 7.04. The number of rotatable bonds is 4. The van der Waals surface area contributed by atoms with Crippen molar-refractivity contribution in [1.82, 2.24) is 9.55 Å². The molecule has 1 aromatic carbocycles. The minimum absolute atomic E-state index is 0.589. The zero-order valence-corrected chi connectivity index (χ0v) is 10.3. The minimum Gasteiger partial charge on any atom is -0.497 e. The Morgan fingerprint density at radius 1 is 1.47 bits per heavy atom. The van der Waals surface area contributed by atoms with Gasteiger partial charge in [-0.25, -0.2) is 4.98 Å². The largest absolute Gasteiger partial charge is 0.497 e. The van der Waals surface area contributed by atoms with Crippen LogP contribution in [0.15, 0.2) is 30.7 Å². The highest BCUT2D eigenvalue weighted by atomic mass is 35.5. The van der Waals surface area contributed by atoms with Crippen LogP contribution in [0.4, 0.5) is 0 Å². The predicted octanol–water partition coefficient (Wildman–Crippen LogP) is 2.17. The van der Waals surface area contributed by atoms with Gasteiger partial charge in [0.2, 0.25) is 0 Å². The van der Waals surface area contributed by atoms with E-state index in [1.807, 2.05) is 22.9 Å². The fraction of sp³-hybridized carbons (Fsp3) is 0.250. The summed E-state index contributed by atoms with van der Waals surface area (Å²) in [5.74, 6) is 0.736. The lowest BCUT2D eigenvalue weighted by molar-refractivity contribution is 0.415. The number of hydrogen-bond donors (Lipinski definition) is 1. The van der Waals surface area contributed by atoms with Crippen LogP contribution < -0.4 is 10.5 Å². The number of imidazole rings is 1. The van der Waals surface area contributed by atoms with Gasteiger partial charge >= 0.3 is 0 Å². The van der Waals surface area contributed by atoms with Gasteiger partial charge < -0.3 is 15.0 Å². The van der Waals surface area contributed by atoms with Crippen molar-refractivity contribution >= 4 is 11.6 Å². The van der Waals surface area contributed by atoms with Crippen molar-refractivity contribution in [2.45, 2.75) is 6.54 Å². The monoisotopic (exact) mass is 251 g/mol. The molecular weight excluding hydrogens is 238 g/mol. The van der Waals surface area contributed by atoms with Crippen molar-refractivity contribution in [2.75, 3.05) is 13.7 Å². The van der Waals surface area contributed by atoms with Crippen LogP contribution in [0.25, 0.3) is 11.3 Å². The summed E-state index contributed by atoms with van der Waals surface area (Å²) in [6.07, 6.45) is 3.68. The molecule has 17 heavy (non-hydrogen) atoms. The van der Waals surface area contributed by atoms with Gasteiger partial charge in [0.25, 0.3) is 0 Å². The number of ether oxygens (including phenoxy) is 1. The Morgan fingerprint density at radius 3 is 2.94 bits per heavy atom. The van der Waals surface area contributed by atoms with E-state index in [-0.39, 0.29) is 0 Å². The van der Waals surface area contributed by atoms with Crippen LogP contribution in [-0.2, 0) is 6.54 Å². The molecule has 0 aliphatic carbocycles. The molecule has 5 heteroatoms. The van der Waals surface area contributed by atoms with E-state index in [1.165, 1.54) is 0 Å². The summed E-state index contributed by atoms with van der Waals surface area (Å²) in [4.78, 5) is 4.30. The number of hydrogen-bond acceptors (Lipinski definition) is 3. The summed E-state index contributed by atoms with van der Waals surface area (Å²) in [5.41, 5.74) is 7.22. The van der Waals surface area contributed by atoms with E-state index in [0.29, 0.717) is 11.6 Å². The Balaban J connectivity index is 2.32. The molecular formula is C12H14ClN3O. The first kappa shape index (κ1) is 12.0. The smallest absolute Gasteiger partial charge is 0.120 e. The molecule has 1 aromatic heterocycles. The van der Waals surface area contributed by atoms with Gasteiger partial charge in [0.15, 0.2) is 0 Å². The van der Waals surface area contributed by atoms with Crippen LogP contribution in [0, 0.1) is 0 Å². The normalized spacial score (nSPS) is 10.5. The Bertz CT molecular complexity index is 510. The van der Waals surface area contributed by atoms with Gasteiger partial charge in [-0.05, 0) is 18.2 Å². The highest BCUT2D eigenvalue weighted by molar-refractivity contribution is 6.33. The summed E-state index contributed by atoms with van der Waals surface area (Å²) in [5, 5.41) is 0.627. The summed E-state index contributed by atoms with van der Waals surface area (Å²) in [7, 11) is 1.61. The van der Waals surface area contributed by atoms with Gasteiger partial charge in [-0.1, -0.05) is 11.6 Å². The molecule has 0 aliphatic rings. The molecule has 0 atom stereocenters. The van der Waals surface area contributed by atoms with Crippen LogP contribution in [0.1, 0.15) is 0 Å². The van der Waals surface area contributed by atoms with E-state index in [2.05, 4.69) is 4.98 Å². The molecule has 1 heterocycles. The van der Waals surface area contributed by atoms with E-state index in [9.17, 15) is 0 Å². The first-order chi connectivity index (χ1) is 8.24. The topological polar surface area (TPSA) is 53.1 Å². The van der Waals surface area contributed by atoms with Crippen molar-refractivity contribution in [2.24, 2.45) is 5.73 Å². The maximum absolute atomic E-state index is 6.18. The maximum Gasteiger partial charge on any atom is 0.120 e. The third-order valence-electron chi connectivity index (χ3n) is 2.47. The third-order valence-corrected chi connectivity index (χ3v) is 2.79. The van der Waals surface area contributed by atoms with Crippen molar-refractivity contribution in [1.29, 1.82) is 0 Å². The van der Waals surface area contributed by atoms with Crippen LogP contribution in [-0.4, -0.2) is 23.2 Å². The summed E-state index contributed by atoms with van der Waals surface area (Å²) in [6, 6.07) is 5.54. The fourth-order valence-electron chi connectivity index (χ4n) is 1.60. The predicted molar refractivity (Wildman–Crippen MR) is 68.3 cm³/mol. The highest BCUT2D eigenvalue weighted by Crippen LogP contribution is 2.29. The number of benzene rings is 1. The van der Waals surface area contributed by atoms with Gasteiger partial charge in [0, 0.05) is 24.8 Å². The number of nitrogens with zero attached hydrogens (tertiary/aromatic N) is 2. The number of aromatic nitrogens is 2. The molecule has 2 aromatic rings. The van der Waals surface area contributed by atoms with E-state index in [1.54, 1.807) is 19.5 Å². The molecule has 0 saturated heterocycles. The number of halogens is 1.